The predicted octanol–water partition coefficient (Wildman–Crippen LogP) is 4.99. The Morgan fingerprint density at radius 1 is 0.925 bits per heavy atom. The number of hydrogen-bond donors (Lipinski definition) is 0. The molecule has 0 fully saturated rings. The predicted molar refractivity (Wildman–Crippen MR) is 135 cm³/mol. The van der Waals surface area contributed by atoms with Gasteiger partial charge >= 0.3 is 24.1 Å². The Balaban J connectivity index is 2.05. The van der Waals surface area contributed by atoms with E-state index in [-0.39, 0.29) is 38.5 Å². The van der Waals surface area contributed by atoms with Crippen LogP contribution in [0, 0.1) is 18.2 Å². The van der Waals surface area contributed by atoms with Crippen LogP contribution in [0.1, 0.15) is 43.9 Å². The van der Waals surface area contributed by atoms with Gasteiger partial charge in [0.2, 0.25) is 0 Å². The molecule has 3 rings (SSSR count). The molecule has 0 radical (unpaired) electrons. The zero-order valence-electron chi connectivity index (χ0n) is 22.6. The maximum atomic E-state index is 13.9. The molecular formula is C28H31F4NO7. The van der Waals surface area contributed by atoms with Crippen molar-refractivity contribution in [3.05, 3.63) is 58.9 Å². The second-order valence-electron chi connectivity index (χ2n) is 9.17. The molecule has 0 aromatic heterocycles. The van der Waals surface area contributed by atoms with Crippen LogP contribution in [0.2, 0.25) is 0 Å². The highest BCUT2D eigenvalue weighted by Gasteiger charge is 2.59. The highest BCUT2D eigenvalue weighted by molar-refractivity contribution is 6.18. The summed E-state index contributed by atoms with van der Waals surface area (Å²) >= 11 is 0. The van der Waals surface area contributed by atoms with E-state index in [1.54, 1.807) is 23.1 Å². The SMILES string of the molecule is CCOC(=O)C(C[C@H]1CN(Cc2ccc(F)c(C(F)(F)F)c2)c2cc(C)ccc2O1)(C(=O)OCC)C(=O)OCC. The maximum absolute atomic E-state index is 13.9. The normalized spacial score (nSPS) is 15.1. The van der Waals surface area contributed by atoms with Crippen LogP contribution >= 0.6 is 0 Å². The first-order valence-corrected chi connectivity index (χ1v) is 12.8. The van der Waals surface area contributed by atoms with Gasteiger partial charge in [-0.15, -0.1) is 0 Å². The van der Waals surface area contributed by atoms with Gasteiger partial charge in [-0.1, -0.05) is 12.1 Å². The standard InChI is InChI=1S/C28H31F4NO7/c1-5-37-24(34)27(25(35)38-6-2,26(36)39-7-3)14-19-16-33(22-12-17(4)8-11-23(22)40-19)15-18-9-10-21(29)20(13-18)28(30,31)32/h8-13,19H,5-7,14-16H2,1-4H3/t19-/m0/s1. The molecule has 40 heavy (non-hydrogen) atoms. The molecule has 0 unspecified atom stereocenters. The average Bonchev–Trinajstić information content (AvgIpc) is 2.88. The number of anilines is 1. The second kappa shape index (κ2) is 12.6. The molecule has 0 saturated carbocycles. The Kier molecular flexibility index (Phi) is 9.65. The number of aryl methyl sites for hydroxylation is 1. The zero-order chi connectivity index (χ0) is 29.7. The van der Waals surface area contributed by atoms with E-state index in [1.807, 2.05) is 6.92 Å². The maximum Gasteiger partial charge on any atom is 0.419 e. The van der Waals surface area contributed by atoms with Crippen molar-refractivity contribution in [2.75, 3.05) is 31.3 Å². The first kappa shape index (κ1) is 30.7. The van der Waals surface area contributed by atoms with Crippen molar-refractivity contribution in [3.8, 4) is 5.75 Å². The quantitative estimate of drug-likeness (QED) is 0.171. The van der Waals surface area contributed by atoms with Crippen molar-refractivity contribution < 1.29 is 50.9 Å². The van der Waals surface area contributed by atoms with Crippen LogP contribution < -0.4 is 9.64 Å². The molecule has 1 aliphatic heterocycles. The number of carbonyl (C=O) groups excluding carboxylic acids is 3. The molecule has 0 aliphatic carbocycles. The smallest absolute Gasteiger partial charge is 0.419 e. The Morgan fingerprint density at radius 2 is 1.50 bits per heavy atom. The molecule has 2 aromatic rings. The number of rotatable bonds is 10. The van der Waals surface area contributed by atoms with Crippen molar-refractivity contribution in [1.29, 1.82) is 0 Å². The summed E-state index contributed by atoms with van der Waals surface area (Å²) in [6.45, 7) is 5.80. The van der Waals surface area contributed by atoms with E-state index in [9.17, 15) is 31.9 Å². The van der Waals surface area contributed by atoms with Gasteiger partial charge < -0.3 is 23.8 Å². The number of hydrogen-bond acceptors (Lipinski definition) is 8. The fourth-order valence-electron chi connectivity index (χ4n) is 4.50. The second-order valence-corrected chi connectivity index (χ2v) is 9.17. The van der Waals surface area contributed by atoms with Crippen LogP contribution in [0.3, 0.4) is 0 Å². The number of fused-ring (bicyclic) bond motifs is 1. The number of nitrogens with zero attached hydrogens (tertiary/aromatic N) is 1. The van der Waals surface area contributed by atoms with Crippen LogP contribution in [0.25, 0.3) is 0 Å². The van der Waals surface area contributed by atoms with E-state index in [2.05, 4.69) is 0 Å². The van der Waals surface area contributed by atoms with Crippen LogP contribution in [0.5, 0.6) is 5.75 Å². The highest BCUT2D eigenvalue weighted by atomic mass is 19.4. The highest BCUT2D eigenvalue weighted by Crippen LogP contribution is 2.40. The molecule has 0 saturated heterocycles. The summed E-state index contributed by atoms with van der Waals surface area (Å²) in [5.74, 6) is -4.57. The molecule has 2 aromatic carbocycles. The fraction of sp³-hybridized carbons (Fsp3) is 0.464. The Bertz CT molecular complexity index is 1200. The van der Waals surface area contributed by atoms with Gasteiger partial charge in [0.1, 0.15) is 17.7 Å². The number of benzene rings is 2. The molecule has 218 valence electrons. The molecule has 1 heterocycles. The van der Waals surface area contributed by atoms with Crippen molar-refractivity contribution >= 4 is 23.6 Å². The number of alkyl halides is 3. The summed E-state index contributed by atoms with van der Waals surface area (Å²) in [4.78, 5) is 41.2. The van der Waals surface area contributed by atoms with Gasteiger partial charge in [-0.2, -0.15) is 13.2 Å². The number of halogens is 4. The molecule has 1 aliphatic rings. The van der Waals surface area contributed by atoms with Gasteiger partial charge in [-0.25, -0.2) is 4.39 Å². The van der Waals surface area contributed by atoms with Gasteiger partial charge in [-0.05, 0) is 63.1 Å². The minimum atomic E-state index is -4.89. The number of carbonyl (C=O) groups is 3. The van der Waals surface area contributed by atoms with Crippen molar-refractivity contribution in [3.63, 3.8) is 0 Å². The molecule has 8 nitrogen and oxygen atoms in total. The summed E-state index contributed by atoms with van der Waals surface area (Å²) in [5, 5.41) is 0. The van der Waals surface area contributed by atoms with Crippen molar-refractivity contribution in [1.82, 2.24) is 0 Å². The van der Waals surface area contributed by atoms with Crippen molar-refractivity contribution in [2.24, 2.45) is 5.41 Å². The Morgan fingerprint density at radius 3 is 2.02 bits per heavy atom. The molecule has 12 heteroatoms. The lowest BCUT2D eigenvalue weighted by Gasteiger charge is -2.39. The molecule has 0 bridgehead atoms. The zero-order valence-corrected chi connectivity index (χ0v) is 22.6. The van der Waals surface area contributed by atoms with Gasteiger partial charge in [0.05, 0.1) is 37.6 Å². The van der Waals surface area contributed by atoms with Crippen LogP contribution in [-0.4, -0.2) is 50.4 Å². The summed E-state index contributed by atoms with van der Waals surface area (Å²) in [6, 6.07) is 7.86. The first-order chi connectivity index (χ1) is 18.9. The topological polar surface area (TPSA) is 91.4 Å². The Labute approximate surface area is 229 Å². The lowest BCUT2D eigenvalue weighted by molar-refractivity contribution is -0.186. The third kappa shape index (κ3) is 6.48. The van der Waals surface area contributed by atoms with Gasteiger partial charge in [0.25, 0.3) is 5.41 Å². The van der Waals surface area contributed by atoms with Gasteiger partial charge in [-0.3, -0.25) is 14.4 Å². The summed E-state index contributed by atoms with van der Waals surface area (Å²) < 4.78 is 75.4. The molecule has 0 spiro atoms. The average molecular weight is 570 g/mol. The van der Waals surface area contributed by atoms with Gasteiger partial charge in [0.15, 0.2) is 0 Å². The monoisotopic (exact) mass is 569 g/mol. The molecule has 1 atom stereocenters. The van der Waals surface area contributed by atoms with Crippen LogP contribution in [-0.2, 0) is 41.3 Å². The first-order valence-electron chi connectivity index (χ1n) is 12.8. The minimum Gasteiger partial charge on any atom is -0.486 e. The molecule has 0 N–H and O–H groups in total. The van der Waals surface area contributed by atoms with Crippen LogP contribution in [0.15, 0.2) is 36.4 Å². The molecule has 0 amide bonds. The fourth-order valence-corrected chi connectivity index (χ4v) is 4.50. The number of ether oxygens (including phenoxy) is 4. The van der Waals surface area contributed by atoms with Crippen LogP contribution in [0.4, 0.5) is 23.2 Å². The summed E-state index contributed by atoms with van der Waals surface area (Å²) in [6.07, 6.45) is -6.42. The van der Waals surface area contributed by atoms with E-state index in [1.165, 1.54) is 26.8 Å². The summed E-state index contributed by atoms with van der Waals surface area (Å²) in [5.41, 5.74) is -2.37. The minimum absolute atomic E-state index is 0.0465. The third-order valence-electron chi connectivity index (χ3n) is 6.29. The summed E-state index contributed by atoms with van der Waals surface area (Å²) in [7, 11) is 0. The van der Waals surface area contributed by atoms with E-state index in [0.29, 0.717) is 11.4 Å². The number of esters is 3. The lowest BCUT2D eigenvalue weighted by Crippen LogP contribution is -2.54. The Hall–Kier alpha value is -3.83. The van der Waals surface area contributed by atoms with Gasteiger partial charge in [0, 0.05) is 13.0 Å². The van der Waals surface area contributed by atoms with Crippen molar-refractivity contribution in [2.45, 2.75) is 52.9 Å². The lowest BCUT2D eigenvalue weighted by atomic mass is 9.81. The van der Waals surface area contributed by atoms with E-state index >= 15 is 0 Å². The van der Waals surface area contributed by atoms with E-state index < -0.39 is 53.4 Å². The largest absolute Gasteiger partial charge is 0.486 e. The third-order valence-corrected chi connectivity index (χ3v) is 6.29. The van der Waals surface area contributed by atoms with E-state index in [4.69, 9.17) is 18.9 Å². The molecular weight excluding hydrogens is 538 g/mol. The van der Waals surface area contributed by atoms with E-state index in [0.717, 1.165) is 17.7 Å².